The number of anilines is 1. The number of rotatable bonds is 7. The summed E-state index contributed by atoms with van der Waals surface area (Å²) in [4.78, 5) is 34.4. The van der Waals surface area contributed by atoms with Gasteiger partial charge in [-0.2, -0.15) is 0 Å². The van der Waals surface area contributed by atoms with Gasteiger partial charge in [-0.15, -0.1) is 0 Å². The Hall–Kier alpha value is -2.57. The van der Waals surface area contributed by atoms with E-state index in [9.17, 15) is 14.4 Å². The Bertz CT molecular complexity index is 584. The molecular formula is C16H21N3O4. The number of nitrogens with one attached hydrogen (secondary N) is 3. The number of amides is 3. The Balaban J connectivity index is 1.75. The number of carbonyl (C=O) groups is 3. The van der Waals surface area contributed by atoms with Gasteiger partial charge in [0.15, 0.2) is 0 Å². The monoisotopic (exact) mass is 319 g/mol. The van der Waals surface area contributed by atoms with E-state index in [0.717, 1.165) is 24.1 Å². The SMILES string of the molecule is CCOC(=O)NCC(=O)NCc1cccc(NC(=O)C2CC2)c1. The molecule has 0 bridgehead atoms. The first-order valence-corrected chi connectivity index (χ1v) is 7.65. The molecule has 0 saturated heterocycles. The molecule has 7 nitrogen and oxygen atoms in total. The van der Waals surface area contributed by atoms with Crippen LogP contribution in [0, 0.1) is 5.92 Å². The second kappa shape index (κ2) is 8.17. The standard InChI is InChI=1S/C16H21N3O4/c1-2-23-16(22)18-10-14(20)17-9-11-4-3-5-13(8-11)19-15(21)12-6-7-12/h3-5,8,12H,2,6-7,9-10H2,1H3,(H,17,20)(H,18,22)(H,19,21). The van der Waals surface area contributed by atoms with Crippen LogP contribution in [0.5, 0.6) is 0 Å². The van der Waals surface area contributed by atoms with Crippen molar-refractivity contribution in [1.29, 1.82) is 0 Å². The summed E-state index contributed by atoms with van der Waals surface area (Å²) in [7, 11) is 0. The molecule has 1 aliphatic carbocycles. The van der Waals surface area contributed by atoms with Gasteiger partial charge in [0, 0.05) is 18.2 Å². The Labute approximate surface area is 134 Å². The van der Waals surface area contributed by atoms with Gasteiger partial charge in [-0.05, 0) is 37.5 Å². The topological polar surface area (TPSA) is 96.5 Å². The predicted molar refractivity (Wildman–Crippen MR) is 84.7 cm³/mol. The van der Waals surface area contributed by atoms with Gasteiger partial charge in [0.1, 0.15) is 6.54 Å². The fourth-order valence-corrected chi connectivity index (χ4v) is 1.95. The molecule has 0 radical (unpaired) electrons. The molecule has 0 aliphatic heterocycles. The van der Waals surface area contributed by atoms with Gasteiger partial charge in [-0.1, -0.05) is 12.1 Å². The normalized spacial score (nSPS) is 13.1. The maximum Gasteiger partial charge on any atom is 0.407 e. The van der Waals surface area contributed by atoms with Crippen LogP contribution in [0.4, 0.5) is 10.5 Å². The number of ether oxygens (including phenoxy) is 1. The number of benzene rings is 1. The van der Waals surface area contributed by atoms with E-state index in [4.69, 9.17) is 0 Å². The highest BCUT2D eigenvalue weighted by Crippen LogP contribution is 2.30. The summed E-state index contributed by atoms with van der Waals surface area (Å²) >= 11 is 0. The van der Waals surface area contributed by atoms with Crippen LogP contribution in [0.1, 0.15) is 25.3 Å². The number of hydrogen-bond donors (Lipinski definition) is 3. The van der Waals surface area contributed by atoms with Crippen molar-refractivity contribution in [3.63, 3.8) is 0 Å². The van der Waals surface area contributed by atoms with Crippen LogP contribution >= 0.6 is 0 Å². The summed E-state index contributed by atoms with van der Waals surface area (Å²) in [5, 5.41) is 7.90. The molecule has 0 aromatic heterocycles. The molecule has 0 unspecified atom stereocenters. The summed E-state index contributed by atoms with van der Waals surface area (Å²) in [5.74, 6) is -0.123. The minimum absolute atomic E-state index is 0.0461. The molecular weight excluding hydrogens is 298 g/mol. The van der Waals surface area contributed by atoms with Crippen LogP contribution in [0.3, 0.4) is 0 Å². The van der Waals surface area contributed by atoms with Gasteiger partial charge in [0.2, 0.25) is 11.8 Å². The second-order valence-corrected chi connectivity index (χ2v) is 5.31. The van der Waals surface area contributed by atoms with Crippen molar-refractivity contribution in [3.05, 3.63) is 29.8 Å². The van der Waals surface area contributed by atoms with E-state index in [-0.39, 0.29) is 30.9 Å². The van der Waals surface area contributed by atoms with Crippen molar-refractivity contribution in [1.82, 2.24) is 10.6 Å². The van der Waals surface area contributed by atoms with Gasteiger partial charge in [0.25, 0.3) is 0 Å². The predicted octanol–water partition coefficient (Wildman–Crippen LogP) is 1.40. The molecule has 1 aromatic rings. The molecule has 7 heteroatoms. The lowest BCUT2D eigenvalue weighted by Crippen LogP contribution is -2.36. The molecule has 0 spiro atoms. The summed E-state index contributed by atoms with van der Waals surface area (Å²) in [6.45, 7) is 2.12. The molecule has 1 fully saturated rings. The summed E-state index contributed by atoms with van der Waals surface area (Å²) < 4.78 is 4.66. The highest BCUT2D eigenvalue weighted by Gasteiger charge is 2.29. The van der Waals surface area contributed by atoms with E-state index in [1.165, 1.54) is 0 Å². The smallest absolute Gasteiger partial charge is 0.407 e. The van der Waals surface area contributed by atoms with E-state index >= 15 is 0 Å². The first-order chi connectivity index (χ1) is 11.1. The molecule has 124 valence electrons. The second-order valence-electron chi connectivity index (χ2n) is 5.31. The van der Waals surface area contributed by atoms with Crippen molar-refractivity contribution < 1.29 is 19.1 Å². The summed E-state index contributed by atoms with van der Waals surface area (Å²) in [6.07, 6.45) is 1.29. The third kappa shape index (κ3) is 5.98. The summed E-state index contributed by atoms with van der Waals surface area (Å²) in [6, 6.07) is 7.31. The average molecular weight is 319 g/mol. The maximum atomic E-state index is 11.7. The van der Waals surface area contributed by atoms with Gasteiger partial charge in [-0.25, -0.2) is 4.79 Å². The molecule has 0 heterocycles. The molecule has 1 saturated carbocycles. The van der Waals surface area contributed by atoms with Gasteiger partial charge >= 0.3 is 6.09 Å². The lowest BCUT2D eigenvalue weighted by atomic mass is 10.2. The summed E-state index contributed by atoms with van der Waals surface area (Å²) in [5.41, 5.74) is 1.58. The molecule has 2 rings (SSSR count). The van der Waals surface area contributed by atoms with Crippen LogP contribution in [-0.4, -0.2) is 31.1 Å². The van der Waals surface area contributed by atoms with Crippen molar-refractivity contribution in [3.8, 4) is 0 Å². The number of carbonyl (C=O) groups excluding carboxylic acids is 3. The van der Waals surface area contributed by atoms with Gasteiger partial charge in [-0.3, -0.25) is 9.59 Å². The van der Waals surface area contributed by atoms with Crippen LogP contribution in [-0.2, 0) is 20.9 Å². The van der Waals surface area contributed by atoms with Crippen molar-refractivity contribution in [2.24, 2.45) is 5.92 Å². The molecule has 3 N–H and O–H groups in total. The lowest BCUT2D eigenvalue weighted by Gasteiger charge is -2.09. The fourth-order valence-electron chi connectivity index (χ4n) is 1.95. The first-order valence-electron chi connectivity index (χ1n) is 7.65. The van der Waals surface area contributed by atoms with E-state index < -0.39 is 6.09 Å². The van der Waals surface area contributed by atoms with Crippen LogP contribution in [0.2, 0.25) is 0 Å². The zero-order valence-corrected chi connectivity index (χ0v) is 13.1. The molecule has 3 amide bonds. The van der Waals surface area contributed by atoms with E-state index in [1.54, 1.807) is 6.92 Å². The largest absolute Gasteiger partial charge is 0.450 e. The lowest BCUT2D eigenvalue weighted by molar-refractivity contribution is -0.120. The highest BCUT2D eigenvalue weighted by atomic mass is 16.5. The van der Waals surface area contributed by atoms with E-state index in [0.29, 0.717) is 6.54 Å². The van der Waals surface area contributed by atoms with Crippen LogP contribution in [0.25, 0.3) is 0 Å². The van der Waals surface area contributed by atoms with Crippen LogP contribution < -0.4 is 16.0 Å². The Morgan fingerprint density at radius 1 is 1.22 bits per heavy atom. The Kier molecular flexibility index (Phi) is 5.96. The van der Waals surface area contributed by atoms with Crippen LogP contribution in [0.15, 0.2) is 24.3 Å². The molecule has 23 heavy (non-hydrogen) atoms. The minimum Gasteiger partial charge on any atom is -0.450 e. The zero-order chi connectivity index (χ0) is 16.7. The van der Waals surface area contributed by atoms with Crippen molar-refractivity contribution >= 4 is 23.6 Å². The zero-order valence-electron chi connectivity index (χ0n) is 13.1. The Morgan fingerprint density at radius 3 is 2.70 bits per heavy atom. The molecule has 1 aliphatic rings. The number of hydrogen-bond acceptors (Lipinski definition) is 4. The van der Waals surface area contributed by atoms with Crippen molar-refractivity contribution in [2.45, 2.75) is 26.3 Å². The third-order valence-electron chi connectivity index (χ3n) is 3.30. The fraction of sp³-hybridized carbons (Fsp3) is 0.438. The minimum atomic E-state index is -0.618. The maximum absolute atomic E-state index is 11.7. The quantitative estimate of drug-likeness (QED) is 0.707. The Morgan fingerprint density at radius 2 is 2.00 bits per heavy atom. The highest BCUT2D eigenvalue weighted by molar-refractivity contribution is 5.94. The average Bonchev–Trinajstić information content (AvgIpc) is 3.36. The molecule has 1 aromatic carbocycles. The third-order valence-corrected chi connectivity index (χ3v) is 3.30. The molecule has 0 atom stereocenters. The van der Waals surface area contributed by atoms with E-state index in [1.807, 2.05) is 24.3 Å². The van der Waals surface area contributed by atoms with Gasteiger partial charge in [0.05, 0.1) is 6.61 Å². The number of alkyl carbamates (subject to hydrolysis) is 1. The van der Waals surface area contributed by atoms with Crippen molar-refractivity contribution in [2.75, 3.05) is 18.5 Å². The van der Waals surface area contributed by atoms with E-state index in [2.05, 4.69) is 20.7 Å². The van der Waals surface area contributed by atoms with Gasteiger partial charge < -0.3 is 20.7 Å². The first kappa shape index (κ1) is 16.8.